The second-order valence-corrected chi connectivity index (χ2v) is 7.19. The molecule has 0 aromatic rings. The summed E-state index contributed by atoms with van der Waals surface area (Å²) in [5.41, 5.74) is -1.26. The van der Waals surface area contributed by atoms with Crippen LogP contribution in [0.1, 0.15) is 70.6 Å². The number of carboxylic acid groups (broad SMARTS) is 1. The lowest BCUT2D eigenvalue weighted by atomic mass is 9.59. The summed E-state index contributed by atoms with van der Waals surface area (Å²) >= 11 is 0. The van der Waals surface area contributed by atoms with Crippen LogP contribution in [0, 0.1) is 11.3 Å². The summed E-state index contributed by atoms with van der Waals surface area (Å²) in [7, 11) is 0. The maximum Gasteiger partial charge on any atom is 0.317 e. The van der Waals surface area contributed by atoms with Crippen molar-refractivity contribution in [3.05, 3.63) is 0 Å². The maximum absolute atomic E-state index is 12.5. The number of rotatable bonds is 2. The monoisotopic (exact) mass is 294 g/mol. The summed E-state index contributed by atoms with van der Waals surface area (Å²) in [4.78, 5) is 24.5. The molecule has 1 saturated heterocycles. The minimum absolute atomic E-state index is 0.0286. The Kier molecular flexibility index (Phi) is 4.08. The van der Waals surface area contributed by atoms with E-state index in [1.807, 2.05) is 0 Å². The van der Waals surface area contributed by atoms with E-state index in [1.54, 1.807) is 0 Å². The van der Waals surface area contributed by atoms with Gasteiger partial charge in [0.15, 0.2) is 0 Å². The van der Waals surface area contributed by atoms with Crippen LogP contribution in [0.15, 0.2) is 0 Å². The predicted octanol–water partition coefficient (Wildman–Crippen LogP) is 3.33. The van der Waals surface area contributed by atoms with Crippen LogP contribution < -0.4 is 0 Å². The van der Waals surface area contributed by atoms with Crippen molar-refractivity contribution in [3.8, 4) is 0 Å². The standard InChI is InChI=1S/C17H26O4/c18-14-6-2-5-10-17(14,15(19)20)13-7-11-21-16(12-13)8-3-1-4-9-16/h13H,1-12H2,(H,19,20). The Hall–Kier alpha value is -0.900. The van der Waals surface area contributed by atoms with Gasteiger partial charge in [-0.2, -0.15) is 0 Å². The van der Waals surface area contributed by atoms with Crippen LogP contribution in [0.2, 0.25) is 0 Å². The van der Waals surface area contributed by atoms with Crippen LogP contribution in [0.4, 0.5) is 0 Å². The van der Waals surface area contributed by atoms with E-state index < -0.39 is 11.4 Å². The molecular formula is C17H26O4. The summed E-state index contributed by atoms with van der Waals surface area (Å²) in [6, 6.07) is 0. The highest BCUT2D eigenvalue weighted by atomic mass is 16.5. The third-order valence-corrected chi connectivity index (χ3v) is 6.06. The lowest BCUT2D eigenvalue weighted by molar-refractivity contribution is -0.175. The van der Waals surface area contributed by atoms with Crippen LogP contribution >= 0.6 is 0 Å². The molecule has 0 aromatic heterocycles. The van der Waals surface area contributed by atoms with E-state index in [4.69, 9.17) is 4.74 Å². The number of ether oxygens (including phenoxy) is 1. The van der Waals surface area contributed by atoms with Gasteiger partial charge in [-0.1, -0.05) is 25.7 Å². The lowest BCUT2D eigenvalue weighted by Gasteiger charge is -2.48. The summed E-state index contributed by atoms with van der Waals surface area (Å²) in [5, 5.41) is 9.84. The largest absolute Gasteiger partial charge is 0.480 e. The molecule has 0 bridgehead atoms. The Labute approximate surface area is 126 Å². The van der Waals surface area contributed by atoms with Gasteiger partial charge in [0.05, 0.1) is 5.60 Å². The molecule has 0 radical (unpaired) electrons. The predicted molar refractivity (Wildman–Crippen MR) is 78.0 cm³/mol. The molecule has 1 heterocycles. The van der Waals surface area contributed by atoms with Crippen LogP contribution in [0.5, 0.6) is 0 Å². The number of Topliss-reactive ketones (excluding diaryl/α,β-unsaturated/α-hetero) is 1. The highest BCUT2D eigenvalue weighted by Crippen LogP contribution is 2.50. The summed E-state index contributed by atoms with van der Waals surface area (Å²) < 4.78 is 6.08. The van der Waals surface area contributed by atoms with E-state index in [-0.39, 0.29) is 17.3 Å². The molecule has 118 valence electrons. The normalized spacial score (nSPS) is 36.6. The Balaban J connectivity index is 1.85. The van der Waals surface area contributed by atoms with Crippen molar-refractivity contribution in [1.82, 2.24) is 0 Å². The van der Waals surface area contributed by atoms with Gasteiger partial charge in [0.25, 0.3) is 0 Å². The molecule has 1 N–H and O–H groups in total. The van der Waals surface area contributed by atoms with Gasteiger partial charge in [-0.05, 0) is 44.4 Å². The van der Waals surface area contributed by atoms with Crippen molar-refractivity contribution in [3.63, 3.8) is 0 Å². The molecule has 2 saturated carbocycles. The van der Waals surface area contributed by atoms with E-state index in [0.29, 0.717) is 19.4 Å². The number of ketones is 1. The molecule has 4 heteroatoms. The molecule has 21 heavy (non-hydrogen) atoms. The number of aliphatic carboxylic acids is 1. The number of carbonyl (C=O) groups is 2. The molecule has 0 amide bonds. The van der Waals surface area contributed by atoms with E-state index in [2.05, 4.69) is 0 Å². The molecule has 1 aliphatic heterocycles. The van der Waals surface area contributed by atoms with Crippen molar-refractivity contribution in [2.75, 3.05) is 6.61 Å². The molecule has 4 nitrogen and oxygen atoms in total. The number of carboxylic acids is 1. The van der Waals surface area contributed by atoms with Crippen LogP contribution in [-0.2, 0) is 14.3 Å². The fourth-order valence-electron chi connectivity index (χ4n) is 4.88. The van der Waals surface area contributed by atoms with Crippen molar-refractivity contribution in [1.29, 1.82) is 0 Å². The van der Waals surface area contributed by atoms with E-state index in [0.717, 1.165) is 38.5 Å². The Morgan fingerprint density at radius 1 is 1.10 bits per heavy atom. The zero-order chi connectivity index (χ0) is 14.9. The smallest absolute Gasteiger partial charge is 0.317 e. The van der Waals surface area contributed by atoms with Gasteiger partial charge in [-0.3, -0.25) is 9.59 Å². The van der Waals surface area contributed by atoms with Crippen molar-refractivity contribution < 1.29 is 19.4 Å². The van der Waals surface area contributed by atoms with Gasteiger partial charge in [0.2, 0.25) is 0 Å². The second-order valence-electron chi connectivity index (χ2n) is 7.19. The first-order valence-corrected chi connectivity index (χ1v) is 8.50. The molecule has 0 aromatic carbocycles. The zero-order valence-corrected chi connectivity index (χ0v) is 12.7. The number of carbonyl (C=O) groups excluding carboxylic acids is 1. The van der Waals surface area contributed by atoms with E-state index in [9.17, 15) is 14.7 Å². The molecule has 3 rings (SSSR count). The van der Waals surface area contributed by atoms with Crippen molar-refractivity contribution >= 4 is 11.8 Å². The quantitative estimate of drug-likeness (QED) is 0.793. The fraction of sp³-hybridized carbons (Fsp3) is 0.882. The SMILES string of the molecule is O=C(O)C1(C2CCOC3(CCCCC3)C2)CCCCC1=O. The number of hydrogen-bond donors (Lipinski definition) is 1. The molecular weight excluding hydrogens is 268 g/mol. The van der Waals surface area contributed by atoms with Crippen LogP contribution in [0.3, 0.4) is 0 Å². The Morgan fingerprint density at radius 2 is 1.81 bits per heavy atom. The molecule has 3 fully saturated rings. The third-order valence-electron chi connectivity index (χ3n) is 6.06. The van der Waals surface area contributed by atoms with Crippen molar-refractivity contribution in [2.24, 2.45) is 11.3 Å². The van der Waals surface area contributed by atoms with E-state index in [1.165, 1.54) is 19.3 Å². The first-order valence-electron chi connectivity index (χ1n) is 8.50. The average Bonchev–Trinajstić information content (AvgIpc) is 2.48. The molecule has 1 spiro atoms. The van der Waals surface area contributed by atoms with Gasteiger partial charge in [0.1, 0.15) is 11.2 Å². The lowest BCUT2D eigenvalue weighted by Crippen LogP contribution is -2.53. The Morgan fingerprint density at radius 3 is 2.48 bits per heavy atom. The molecule has 2 aliphatic carbocycles. The molecule has 2 atom stereocenters. The number of hydrogen-bond acceptors (Lipinski definition) is 3. The maximum atomic E-state index is 12.5. The summed E-state index contributed by atoms with van der Waals surface area (Å²) in [6.45, 7) is 0.618. The van der Waals surface area contributed by atoms with Crippen molar-refractivity contribution in [2.45, 2.75) is 76.2 Å². The fourth-order valence-corrected chi connectivity index (χ4v) is 4.88. The van der Waals surface area contributed by atoms with Gasteiger partial charge >= 0.3 is 5.97 Å². The van der Waals surface area contributed by atoms with Gasteiger partial charge in [0, 0.05) is 13.0 Å². The van der Waals surface area contributed by atoms with Gasteiger partial charge in [-0.15, -0.1) is 0 Å². The Bertz CT molecular complexity index is 419. The van der Waals surface area contributed by atoms with E-state index >= 15 is 0 Å². The first kappa shape index (κ1) is 15.0. The summed E-state index contributed by atoms with van der Waals surface area (Å²) in [5.74, 6) is -0.946. The third kappa shape index (κ3) is 2.52. The molecule has 3 aliphatic rings. The molecule has 2 unspecified atom stereocenters. The highest BCUT2D eigenvalue weighted by molar-refractivity contribution is 6.03. The summed E-state index contributed by atoms with van der Waals surface area (Å²) in [6.07, 6.45) is 9.83. The minimum atomic E-state index is -1.12. The zero-order valence-electron chi connectivity index (χ0n) is 12.7. The highest BCUT2D eigenvalue weighted by Gasteiger charge is 2.55. The minimum Gasteiger partial charge on any atom is -0.480 e. The first-order chi connectivity index (χ1) is 10.1. The average molecular weight is 294 g/mol. The van der Waals surface area contributed by atoms with Crippen LogP contribution in [0.25, 0.3) is 0 Å². The van der Waals surface area contributed by atoms with Gasteiger partial charge < -0.3 is 9.84 Å². The van der Waals surface area contributed by atoms with Crippen LogP contribution in [-0.4, -0.2) is 29.1 Å². The second kappa shape index (κ2) is 5.71. The topological polar surface area (TPSA) is 63.6 Å². The van der Waals surface area contributed by atoms with Gasteiger partial charge in [-0.25, -0.2) is 0 Å².